The number of nitrogens with one attached hydrogen (secondary N) is 1. The minimum atomic E-state index is -0.209. The summed E-state index contributed by atoms with van der Waals surface area (Å²) in [5.41, 5.74) is -0.209. The van der Waals surface area contributed by atoms with Crippen molar-refractivity contribution in [3.05, 3.63) is 12.2 Å². The Morgan fingerprint density at radius 3 is 2.95 bits per heavy atom. The summed E-state index contributed by atoms with van der Waals surface area (Å²) >= 11 is 0. The van der Waals surface area contributed by atoms with Crippen molar-refractivity contribution >= 4 is 0 Å². The van der Waals surface area contributed by atoms with Gasteiger partial charge < -0.3 is 15.0 Å². The molecule has 19 heavy (non-hydrogen) atoms. The fourth-order valence-electron chi connectivity index (χ4n) is 2.61. The molecule has 6 nitrogen and oxygen atoms in total. The van der Waals surface area contributed by atoms with Crippen LogP contribution in [-0.4, -0.2) is 56.0 Å². The lowest BCUT2D eigenvalue weighted by Crippen LogP contribution is -2.51. The maximum atomic E-state index is 9.58. The van der Waals surface area contributed by atoms with Crippen LogP contribution in [0.5, 0.6) is 0 Å². The largest absolute Gasteiger partial charge is 0.394 e. The number of fused-ring (bicyclic) bond motifs is 1. The Morgan fingerprint density at radius 2 is 2.26 bits per heavy atom. The molecule has 108 valence electrons. The molecule has 1 aliphatic rings. The van der Waals surface area contributed by atoms with Crippen molar-refractivity contribution < 1.29 is 5.11 Å². The van der Waals surface area contributed by atoms with E-state index < -0.39 is 0 Å². The summed E-state index contributed by atoms with van der Waals surface area (Å²) in [6.07, 6.45) is 2.72. The van der Waals surface area contributed by atoms with E-state index in [1.54, 1.807) is 6.33 Å². The van der Waals surface area contributed by atoms with Gasteiger partial charge in [-0.2, -0.15) is 0 Å². The van der Waals surface area contributed by atoms with E-state index in [0.717, 1.165) is 38.4 Å². The van der Waals surface area contributed by atoms with Gasteiger partial charge in [-0.1, -0.05) is 13.8 Å². The molecule has 1 aromatic heterocycles. The predicted molar refractivity (Wildman–Crippen MR) is 73.7 cm³/mol. The maximum absolute atomic E-state index is 9.58. The van der Waals surface area contributed by atoms with E-state index in [0.29, 0.717) is 6.04 Å². The lowest BCUT2D eigenvalue weighted by atomic mass is 9.97. The Balaban J connectivity index is 1.85. The van der Waals surface area contributed by atoms with Gasteiger partial charge in [0.2, 0.25) is 0 Å². The van der Waals surface area contributed by atoms with E-state index in [9.17, 15) is 5.11 Å². The zero-order valence-electron chi connectivity index (χ0n) is 12.1. The topological polar surface area (TPSA) is 66.2 Å². The van der Waals surface area contributed by atoms with Gasteiger partial charge in [0, 0.05) is 31.2 Å². The van der Waals surface area contributed by atoms with Crippen molar-refractivity contribution in [2.45, 2.75) is 51.9 Å². The predicted octanol–water partition coefficient (Wildman–Crippen LogP) is 0.233. The van der Waals surface area contributed by atoms with E-state index in [2.05, 4.69) is 45.8 Å². The third-order valence-electron chi connectivity index (χ3n) is 3.68. The summed E-state index contributed by atoms with van der Waals surface area (Å²) in [6, 6.07) is 0.376. The molecule has 0 aromatic carbocycles. The normalized spacial score (nSPS) is 19.4. The first-order valence-electron chi connectivity index (χ1n) is 7.00. The number of hydrogen-bond acceptors (Lipinski definition) is 5. The van der Waals surface area contributed by atoms with Gasteiger partial charge in [-0.25, -0.2) is 0 Å². The van der Waals surface area contributed by atoms with Gasteiger partial charge in [0.1, 0.15) is 12.2 Å². The molecule has 0 spiro atoms. The molecule has 0 saturated carbocycles. The summed E-state index contributed by atoms with van der Waals surface area (Å²) in [4.78, 5) is 2.37. The molecule has 0 aliphatic carbocycles. The van der Waals surface area contributed by atoms with Gasteiger partial charge >= 0.3 is 0 Å². The molecule has 1 atom stereocenters. The molecule has 0 bridgehead atoms. The molecule has 0 radical (unpaired) electrons. The van der Waals surface area contributed by atoms with Crippen molar-refractivity contribution in [3.63, 3.8) is 0 Å². The monoisotopic (exact) mass is 267 g/mol. The van der Waals surface area contributed by atoms with Crippen LogP contribution in [0, 0.1) is 0 Å². The molecular weight excluding hydrogens is 242 g/mol. The number of aliphatic hydroxyl groups is 1. The van der Waals surface area contributed by atoms with Crippen LogP contribution < -0.4 is 5.32 Å². The first-order chi connectivity index (χ1) is 9.02. The van der Waals surface area contributed by atoms with Crippen molar-refractivity contribution in [2.75, 3.05) is 19.7 Å². The zero-order valence-corrected chi connectivity index (χ0v) is 12.1. The highest BCUT2D eigenvalue weighted by atomic mass is 16.3. The van der Waals surface area contributed by atoms with Crippen molar-refractivity contribution in [2.24, 2.45) is 0 Å². The Hall–Kier alpha value is -0.980. The molecule has 0 amide bonds. The standard InChI is InChI=1S/C13H25N5O/c1-11(2)15-13(3,9-19)4-5-17-6-7-18-10-14-16-12(18)8-17/h10-11,15,19H,4-9H2,1-3H3. The zero-order chi connectivity index (χ0) is 13.9. The lowest BCUT2D eigenvalue weighted by molar-refractivity contribution is 0.128. The average molecular weight is 267 g/mol. The van der Waals surface area contributed by atoms with Crippen molar-refractivity contribution in [3.8, 4) is 0 Å². The van der Waals surface area contributed by atoms with E-state index in [1.807, 2.05) is 0 Å². The van der Waals surface area contributed by atoms with E-state index in [-0.39, 0.29) is 12.1 Å². The lowest BCUT2D eigenvalue weighted by Gasteiger charge is -2.34. The smallest absolute Gasteiger partial charge is 0.147 e. The van der Waals surface area contributed by atoms with Crippen LogP contribution in [0.2, 0.25) is 0 Å². The van der Waals surface area contributed by atoms with Crippen LogP contribution in [-0.2, 0) is 13.1 Å². The number of hydrogen-bond donors (Lipinski definition) is 2. The van der Waals surface area contributed by atoms with Crippen LogP contribution in [0.15, 0.2) is 6.33 Å². The Kier molecular flexibility index (Phi) is 4.54. The molecule has 0 fully saturated rings. The minimum absolute atomic E-state index is 0.162. The summed E-state index contributed by atoms with van der Waals surface area (Å²) in [5, 5.41) is 21.1. The van der Waals surface area contributed by atoms with Crippen LogP contribution in [0.25, 0.3) is 0 Å². The van der Waals surface area contributed by atoms with Crippen LogP contribution in [0.1, 0.15) is 33.0 Å². The van der Waals surface area contributed by atoms with Crippen molar-refractivity contribution in [1.29, 1.82) is 0 Å². The van der Waals surface area contributed by atoms with Crippen LogP contribution >= 0.6 is 0 Å². The number of rotatable bonds is 6. The molecule has 2 heterocycles. The fraction of sp³-hybridized carbons (Fsp3) is 0.846. The molecule has 1 aromatic rings. The number of nitrogens with zero attached hydrogens (tertiary/aromatic N) is 4. The second-order valence-electron chi connectivity index (χ2n) is 5.98. The van der Waals surface area contributed by atoms with E-state index >= 15 is 0 Å². The number of aliphatic hydroxyl groups excluding tert-OH is 1. The third-order valence-corrected chi connectivity index (χ3v) is 3.68. The highest BCUT2D eigenvalue weighted by Crippen LogP contribution is 2.15. The Bertz CT molecular complexity index is 405. The summed E-state index contributed by atoms with van der Waals surface area (Å²) in [7, 11) is 0. The van der Waals surface area contributed by atoms with Crippen LogP contribution in [0.3, 0.4) is 0 Å². The quantitative estimate of drug-likeness (QED) is 0.772. The number of aromatic nitrogens is 3. The van der Waals surface area contributed by atoms with Gasteiger partial charge in [-0.05, 0) is 13.3 Å². The van der Waals surface area contributed by atoms with Gasteiger partial charge in [0.05, 0.1) is 13.2 Å². The Labute approximate surface area is 114 Å². The Morgan fingerprint density at radius 1 is 1.47 bits per heavy atom. The van der Waals surface area contributed by atoms with E-state index in [1.165, 1.54) is 0 Å². The minimum Gasteiger partial charge on any atom is -0.394 e. The van der Waals surface area contributed by atoms with E-state index in [4.69, 9.17) is 0 Å². The van der Waals surface area contributed by atoms with Crippen LogP contribution in [0.4, 0.5) is 0 Å². The second-order valence-corrected chi connectivity index (χ2v) is 5.98. The summed E-state index contributed by atoms with van der Waals surface area (Å²) in [5.74, 6) is 1.04. The third kappa shape index (κ3) is 3.75. The van der Waals surface area contributed by atoms with Crippen molar-refractivity contribution in [1.82, 2.24) is 25.0 Å². The molecule has 2 N–H and O–H groups in total. The molecule has 1 aliphatic heterocycles. The highest BCUT2D eigenvalue weighted by Gasteiger charge is 2.26. The van der Waals surface area contributed by atoms with Gasteiger partial charge in [0.25, 0.3) is 0 Å². The molecular formula is C13H25N5O. The first kappa shape index (κ1) is 14.4. The molecule has 2 rings (SSSR count). The van der Waals surface area contributed by atoms with Gasteiger partial charge in [0.15, 0.2) is 0 Å². The summed E-state index contributed by atoms with van der Waals surface area (Å²) in [6.45, 7) is 10.3. The highest BCUT2D eigenvalue weighted by molar-refractivity contribution is 4.91. The van der Waals surface area contributed by atoms with Gasteiger partial charge in [-0.3, -0.25) is 4.90 Å². The average Bonchev–Trinajstić information content (AvgIpc) is 2.83. The SMILES string of the molecule is CC(C)NC(C)(CO)CCN1CCn2cnnc2C1. The molecule has 0 saturated heterocycles. The summed E-state index contributed by atoms with van der Waals surface area (Å²) < 4.78 is 2.11. The molecule has 1 unspecified atom stereocenters. The molecule has 6 heteroatoms. The maximum Gasteiger partial charge on any atom is 0.147 e. The second kappa shape index (κ2) is 5.98. The van der Waals surface area contributed by atoms with Gasteiger partial charge in [-0.15, -0.1) is 10.2 Å². The first-order valence-corrected chi connectivity index (χ1v) is 7.00. The fourth-order valence-corrected chi connectivity index (χ4v) is 2.61.